The minimum Gasteiger partial charge on any atom is -0.478 e. The molecule has 0 saturated carbocycles. The zero-order chi connectivity index (χ0) is 11.9. The highest BCUT2D eigenvalue weighted by molar-refractivity contribution is 7.92. The molecule has 0 spiro atoms. The Balaban J connectivity index is 2.72. The fraction of sp³-hybridized carbons (Fsp3) is 0.300. The van der Waals surface area contributed by atoms with Gasteiger partial charge in [0.05, 0.1) is 21.4 Å². The molecule has 1 aromatic rings. The van der Waals surface area contributed by atoms with Crippen molar-refractivity contribution >= 4 is 21.5 Å². The van der Waals surface area contributed by atoms with Gasteiger partial charge in [0.1, 0.15) is 0 Å². The molecule has 0 aliphatic carbocycles. The second kappa shape index (κ2) is 3.48. The number of aromatic carboxylic acids is 1. The number of hydrogen-bond acceptors (Lipinski definition) is 4. The number of carboxylic acids is 1. The molecule has 2 rings (SSSR count). The molecule has 0 amide bonds. The van der Waals surface area contributed by atoms with E-state index >= 15 is 0 Å². The molecular weight excluding hydrogens is 230 g/mol. The third-order valence-electron chi connectivity index (χ3n) is 2.66. The molecule has 0 bridgehead atoms. The second-order valence-electron chi connectivity index (χ2n) is 3.72. The van der Waals surface area contributed by atoms with Crippen molar-refractivity contribution in [3.8, 4) is 0 Å². The maximum atomic E-state index is 11.9. The van der Waals surface area contributed by atoms with Gasteiger partial charge in [0.25, 0.3) is 0 Å². The Hall–Kier alpha value is -1.56. The molecule has 1 aromatic carbocycles. The van der Waals surface area contributed by atoms with E-state index in [1.807, 2.05) is 0 Å². The van der Waals surface area contributed by atoms with Gasteiger partial charge in [-0.2, -0.15) is 0 Å². The third-order valence-corrected chi connectivity index (χ3v) is 4.84. The van der Waals surface area contributed by atoms with Crippen LogP contribution in [0.3, 0.4) is 0 Å². The van der Waals surface area contributed by atoms with Crippen LogP contribution in [0.4, 0.5) is 5.69 Å². The summed E-state index contributed by atoms with van der Waals surface area (Å²) in [6, 6.07) is 4.26. The smallest absolute Gasteiger partial charge is 0.337 e. The lowest BCUT2D eigenvalue weighted by Crippen LogP contribution is -2.32. The van der Waals surface area contributed by atoms with Gasteiger partial charge >= 0.3 is 5.97 Å². The average Bonchev–Trinajstić information content (AvgIpc) is 2.23. The molecule has 0 radical (unpaired) electrons. The first-order valence-corrected chi connectivity index (χ1v) is 6.33. The number of sulfone groups is 1. The van der Waals surface area contributed by atoms with Crippen LogP contribution in [-0.4, -0.2) is 31.3 Å². The van der Waals surface area contributed by atoms with Crippen molar-refractivity contribution < 1.29 is 18.3 Å². The van der Waals surface area contributed by atoms with Crippen LogP contribution < -0.4 is 5.32 Å². The SMILES string of the molecule is CC1CNc2c(C(=O)O)cccc2S1(=O)=O. The summed E-state index contributed by atoms with van der Waals surface area (Å²) < 4.78 is 23.9. The molecule has 6 heteroatoms. The molecule has 1 unspecified atom stereocenters. The Morgan fingerprint density at radius 1 is 1.50 bits per heavy atom. The van der Waals surface area contributed by atoms with Crippen LogP contribution in [-0.2, 0) is 9.84 Å². The summed E-state index contributed by atoms with van der Waals surface area (Å²) in [7, 11) is -3.40. The van der Waals surface area contributed by atoms with Gasteiger partial charge in [-0.1, -0.05) is 6.07 Å². The topological polar surface area (TPSA) is 83.5 Å². The van der Waals surface area contributed by atoms with E-state index in [0.29, 0.717) is 0 Å². The van der Waals surface area contributed by atoms with Crippen LogP contribution in [0.25, 0.3) is 0 Å². The van der Waals surface area contributed by atoms with Crippen molar-refractivity contribution in [2.24, 2.45) is 0 Å². The van der Waals surface area contributed by atoms with Crippen molar-refractivity contribution in [3.05, 3.63) is 23.8 Å². The lowest BCUT2D eigenvalue weighted by atomic mass is 10.1. The molecule has 5 nitrogen and oxygen atoms in total. The van der Waals surface area contributed by atoms with E-state index in [9.17, 15) is 13.2 Å². The van der Waals surface area contributed by atoms with Gasteiger partial charge in [0.15, 0.2) is 9.84 Å². The van der Waals surface area contributed by atoms with Crippen molar-refractivity contribution in [1.82, 2.24) is 0 Å². The van der Waals surface area contributed by atoms with E-state index in [1.165, 1.54) is 18.2 Å². The highest BCUT2D eigenvalue weighted by atomic mass is 32.2. The van der Waals surface area contributed by atoms with Gasteiger partial charge in [-0.05, 0) is 19.1 Å². The number of benzene rings is 1. The predicted octanol–water partition coefficient (Wildman–Crippen LogP) is 0.973. The Morgan fingerprint density at radius 3 is 2.81 bits per heavy atom. The first-order valence-electron chi connectivity index (χ1n) is 4.78. The molecule has 86 valence electrons. The number of hydrogen-bond donors (Lipinski definition) is 2. The van der Waals surface area contributed by atoms with Crippen LogP contribution in [0.1, 0.15) is 17.3 Å². The summed E-state index contributed by atoms with van der Waals surface area (Å²) >= 11 is 0. The normalized spacial score (nSPS) is 21.9. The summed E-state index contributed by atoms with van der Waals surface area (Å²) in [6.07, 6.45) is 0. The number of carboxylic acid groups (broad SMARTS) is 1. The molecule has 1 atom stereocenters. The fourth-order valence-corrected chi connectivity index (χ4v) is 3.17. The van der Waals surface area contributed by atoms with Crippen LogP contribution >= 0.6 is 0 Å². The summed E-state index contributed by atoms with van der Waals surface area (Å²) in [5.41, 5.74) is 0.195. The molecular formula is C10H11NO4S. The van der Waals surface area contributed by atoms with Gasteiger partial charge in [0.2, 0.25) is 0 Å². The summed E-state index contributed by atoms with van der Waals surface area (Å²) in [6.45, 7) is 1.83. The first-order chi connectivity index (χ1) is 7.44. The number of para-hydroxylation sites is 1. The van der Waals surface area contributed by atoms with Crippen molar-refractivity contribution in [3.63, 3.8) is 0 Å². The fourth-order valence-electron chi connectivity index (χ4n) is 1.70. The van der Waals surface area contributed by atoms with Crippen LogP contribution in [0.15, 0.2) is 23.1 Å². The Kier molecular flexibility index (Phi) is 2.38. The van der Waals surface area contributed by atoms with Crippen LogP contribution in [0.5, 0.6) is 0 Å². The first kappa shape index (κ1) is 10.9. The molecule has 16 heavy (non-hydrogen) atoms. The average molecular weight is 241 g/mol. The highest BCUT2D eigenvalue weighted by Crippen LogP contribution is 2.32. The number of anilines is 1. The lowest BCUT2D eigenvalue weighted by molar-refractivity contribution is 0.0697. The van der Waals surface area contributed by atoms with Crippen LogP contribution in [0.2, 0.25) is 0 Å². The molecule has 1 heterocycles. The zero-order valence-electron chi connectivity index (χ0n) is 8.60. The Morgan fingerprint density at radius 2 is 2.19 bits per heavy atom. The van der Waals surface area contributed by atoms with Crippen molar-refractivity contribution in [2.45, 2.75) is 17.1 Å². The second-order valence-corrected chi connectivity index (χ2v) is 6.05. The highest BCUT2D eigenvalue weighted by Gasteiger charge is 2.32. The summed E-state index contributed by atoms with van der Waals surface area (Å²) in [5, 5.41) is 11.3. The van der Waals surface area contributed by atoms with E-state index < -0.39 is 21.1 Å². The minimum atomic E-state index is -3.40. The monoisotopic (exact) mass is 241 g/mol. The van der Waals surface area contributed by atoms with E-state index in [1.54, 1.807) is 6.92 Å². The molecule has 0 saturated heterocycles. The molecule has 2 N–H and O–H groups in total. The van der Waals surface area contributed by atoms with E-state index in [0.717, 1.165) is 0 Å². The third kappa shape index (κ3) is 1.46. The molecule has 1 aliphatic rings. The number of rotatable bonds is 1. The van der Waals surface area contributed by atoms with Crippen LogP contribution in [0, 0.1) is 0 Å². The zero-order valence-corrected chi connectivity index (χ0v) is 9.41. The molecule has 0 fully saturated rings. The largest absolute Gasteiger partial charge is 0.478 e. The van der Waals surface area contributed by atoms with Crippen molar-refractivity contribution in [1.29, 1.82) is 0 Å². The number of carbonyl (C=O) groups is 1. The quantitative estimate of drug-likeness (QED) is 0.765. The minimum absolute atomic E-state index is 0.00650. The Labute approximate surface area is 93.0 Å². The van der Waals surface area contributed by atoms with E-state index in [4.69, 9.17) is 5.11 Å². The molecule has 1 aliphatic heterocycles. The van der Waals surface area contributed by atoms with Gasteiger partial charge in [-0.15, -0.1) is 0 Å². The van der Waals surface area contributed by atoms with E-state index in [2.05, 4.69) is 5.32 Å². The van der Waals surface area contributed by atoms with Gasteiger partial charge < -0.3 is 10.4 Å². The predicted molar refractivity (Wildman–Crippen MR) is 58.5 cm³/mol. The number of fused-ring (bicyclic) bond motifs is 1. The lowest BCUT2D eigenvalue weighted by Gasteiger charge is -2.24. The van der Waals surface area contributed by atoms with Gasteiger partial charge in [-0.3, -0.25) is 0 Å². The van der Waals surface area contributed by atoms with E-state index in [-0.39, 0.29) is 22.7 Å². The van der Waals surface area contributed by atoms with Gasteiger partial charge in [-0.25, -0.2) is 13.2 Å². The summed E-state index contributed by atoms with van der Waals surface area (Å²) in [5.74, 6) is -1.13. The van der Waals surface area contributed by atoms with Crippen molar-refractivity contribution in [2.75, 3.05) is 11.9 Å². The standard InChI is InChI=1S/C10H11NO4S/c1-6-5-11-9-7(10(12)13)3-2-4-8(9)16(6,14)15/h2-4,6,11H,5H2,1H3,(H,12,13). The maximum absolute atomic E-state index is 11.9. The molecule has 0 aromatic heterocycles. The van der Waals surface area contributed by atoms with Gasteiger partial charge in [0, 0.05) is 6.54 Å². The maximum Gasteiger partial charge on any atom is 0.337 e. The Bertz CT molecular complexity index is 550. The summed E-state index contributed by atoms with van der Waals surface area (Å²) in [4.78, 5) is 11.0. The number of nitrogens with one attached hydrogen (secondary N) is 1.